The maximum Gasteiger partial charge on any atom is 0.349 e. The van der Waals surface area contributed by atoms with E-state index in [0.29, 0.717) is 9.90 Å². The van der Waals surface area contributed by atoms with Gasteiger partial charge in [-0.15, -0.1) is 11.3 Å². The van der Waals surface area contributed by atoms with E-state index in [2.05, 4.69) is 10.6 Å². The molecule has 3 amide bonds. The van der Waals surface area contributed by atoms with Crippen LogP contribution in [0, 0.1) is 0 Å². The molecule has 1 atom stereocenters. The summed E-state index contributed by atoms with van der Waals surface area (Å²) in [5.41, 5.74) is 0.926. The number of urea groups is 1. The van der Waals surface area contributed by atoms with Crippen LogP contribution >= 0.6 is 22.9 Å². The van der Waals surface area contributed by atoms with Crippen molar-refractivity contribution >= 4 is 40.8 Å². The summed E-state index contributed by atoms with van der Waals surface area (Å²) in [5.74, 6) is -1.31. The number of halogens is 1. The maximum atomic E-state index is 12.2. The van der Waals surface area contributed by atoms with E-state index in [1.165, 1.54) is 18.3 Å². The molecule has 8 heteroatoms. The lowest BCUT2D eigenvalue weighted by Gasteiger charge is -2.13. The third-order valence-electron chi connectivity index (χ3n) is 3.25. The number of imide groups is 1. The number of esters is 1. The minimum Gasteiger partial charge on any atom is -0.448 e. The molecule has 0 unspecified atom stereocenters. The second-order valence-corrected chi connectivity index (χ2v) is 7.36. The average Bonchev–Trinajstić information content (AvgIpc) is 3.04. The molecule has 0 fully saturated rings. The van der Waals surface area contributed by atoms with Crippen molar-refractivity contribution in [2.24, 2.45) is 0 Å². The fourth-order valence-corrected chi connectivity index (χ4v) is 3.02. The first-order valence-electron chi connectivity index (χ1n) is 7.94. The quantitative estimate of drug-likeness (QED) is 0.754. The highest BCUT2D eigenvalue weighted by Gasteiger charge is 2.22. The van der Waals surface area contributed by atoms with Crippen molar-refractivity contribution in [2.75, 3.05) is 0 Å². The zero-order valence-corrected chi connectivity index (χ0v) is 16.1. The number of carbonyl (C=O) groups excluding carboxylic acids is 3. The van der Waals surface area contributed by atoms with Gasteiger partial charge in [0.15, 0.2) is 6.10 Å². The van der Waals surface area contributed by atoms with E-state index in [1.54, 1.807) is 38.1 Å². The minimum absolute atomic E-state index is 0.113. The standard InChI is InChI=1S/C18H19ClN2O4S/c1-10(2)20-18(24)21-16(22)11(3)25-17(23)15-9-8-14(26-15)12-4-6-13(19)7-5-12/h4-11H,1-3H3,(H2,20,21,22,24)/t11-/m0/s1. The molecule has 1 aromatic heterocycles. The van der Waals surface area contributed by atoms with Crippen molar-refractivity contribution in [1.29, 1.82) is 0 Å². The van der Waals surface area contributed by atoms with Crippen LogP contribution in [0.4, 0.5) is 4.79 Å². The van der Waals surface area contributed by atoms with Gasteiger partial charge >= 0.3 is 12.0 Å². The molecule has 2 rings (SSSR count). The second-order valence-electron chi connectivity index (χ2n) is 5.84. The van der Waals surface area contributed by atoms with Gasteiger partial charge in [0.05, 0.1) is 0 Å². The zero-order chi connectivity index (χ0) is 19.3. The Morgan fingerprint density at radius 1 is 1.04 bits per heavy atom. The van der Waals surface area contributed by atoms with Crippen LogP contribution in [0.25, 0.3) is 10.4 Å². The lowest BCUT2D eigenvalue weighted by molar-refractivity contribution is -0.127. The molecule has 2 aromatic rings. The highest BCUT2D eigenvalue weighted by Crippen LogP contribution is 2.29. The first-order valence-corrected chi connectivity index (χ1v) is 9.14. The molecule has 2 N–H and O–H groups in total. The van der Waals surface area contributed by atoms with Gasteiger partial charge in [-0.1, -0.05) is 23.7 Å². The Labute approximate surface area is 160 Å². The largest absolute Gasteiger partial charge is 0.448 e. The predicted molar refractivity (Wildman–Crippen MR) is 101 cm³/mol. The van der Waals surface area contributed by atoms with Crippen LogP contribution in [-0.2, 0) is 9.53 Å². The van der Waals surface area contributed by atoms with Gasteiger partial charge in [0.25, 0.3) is 5.91 Å². The second kappa shape index (κ2) is 8.82. The molecule has 1 aromatic carbocycles. The number of thiophene rings is 1. The molecule has 0 saturated heterocycles. The number of hydrogen-bond donors (Lipinski definition) is 2. The summed E-state index contributed by atoms with van der Waals surface area (Å²) in [6, 6.07) is 9.93. The first kappa shape index (κ1) is 19.9. The van der Waals surface area contributed by atoms with E-state index in [4.69, 9.17) is 16.3 Å². The number of hydrogen-bond acceptors (Lipinski definition) is 5. The van der Waals surface area contributed by atoms with Gasteiger partial charge in [-0.3, -0.25) is 10.1 Å². The highest BCUT2D eigenvalue weighted by molar-refractivity contribution is 7.17. The molecule has 0 radical (unpaired) electrons. The Balaban J connectivity index is 1.96. The van der Waals surface area contributed by atoms with Crippen LogP contribution < -0.4 is 10.6 Å². The van der Waals surface area contributed by atoms with Gasteiger partial charge in [-0.2, -0.15) is 0 Å². The molecule has 0 bridgehead atoms. The number of ether oxygens (including phenoxy) is 1. The lowest BCUT2D eigenvalue weighted by atomic mass is 10.2. The number of benzene rings is 1. The van der Waals surface area contributed by atoms with E-state index in [-0.39, 0.29) is 6.04 Å². The normalized spacial score (nSPS) is 11.7. The molecule has 26 heavy (non-hydrogen) atoms. The van der Waals surface area contributed by atoms with Crippen molar-refractivity contribution in [2.45, 2.75) is 32.9 Å². The fourth-order valence-electron chi connectivity index (χ4n) is 2.00. The van der Waals surface area contributed by atoms with Gasteiger partial charge in [-0.05, 0) is 50.6 Å². The van der Waals surface area contributed by atoms with E-state index in [0.717, 1.165) is 10.4 Å². The van der Waals surface area contributed by atoms with E-state index in [1.807, 2.05) is 12.1 Å². The highest BCUT2D eigenvalue weighted by atomic mass is 35.5. The third-order valence-corrected chi connectivity index (χ3v) is 4.61. The minimum atomic E-state index is -1.10. The summed E-state index contributed by atoms with van der Waals surface area (Å²) in [6.07, 6.45) is -1.10. The lowest BCUT2D eigenvalue weighted by Crippen LogP contribution is -2.46. The topological polar surface area (TPSA) is 84.5 Å². The van der Waals surface area contributed by atoms with Gasteiger partial charge < -0.3 is 10.1 Å². The van der Waals surface area contributed by atoms with Crippen LogP contribution in [0.3, 0.4) is 0 Å². The van der Waals surface area contributed by atoms with E-state index in [9.17, 15) is 14.4 Å². The van der Waals surface area contributed by atoms with Gasteiger partial charge in [-0.25, -0.2) is 9.59 Å². The Morgan fingerprint density at radius 3 is 2.31 bits per heavy atom. The zero-order valence-electron chi connectivity index (χ0n) is 14.5. The number of nitrogens with one attached hydrogen (secondary N) is 2. The smallest absolute Gasteiger partial charge is 0.349 e. The fraction of sp³-hybridized carbons (Fsp3) is 0.278. The molecule has 6 nitrogen and oxygen atoms in total. The SMILES string of the molecule is CC(C)NC(=O)NC(=O)[C@H](C)OC(=O)c1ccc(-c2ccc(Cl)cc2)s1. The predicted octanol–water partition coefficient (Wildman–Crippen LogP) is 3.85. The third kappa shape index (κ3) is 5.57. The molecular formula is C18H19ClN2O4S. The molecule has 0 aliphatic carbocycles. The van der Waals surface area contributed by atoms with Gasteiger partial charge in [0.1, 0.15) is 4.88 Å². The Hall–Kier alpha value is -2.38. The summed E-state index contributed by atoms with van der Waals surface area (Å²) in [4.78, 5) is 36.9. The van der Waals surface area contributed by atoms with Crippen LogP contribution in [0.2, 0.25) is 5.02 Å². The molecule has 0 aliphatic rings. The van der Waals surface area contributed by atoms with E-state index < -0.39 is 24.0 Å². The monoisotopic (exact) mass is 394 g/mol. The molecular weight excluding hydrogens is 376 g/mol. The number of carbonyl (C=O) groups is 3. The van der Waals surface area contributed by atoms with Gasteiger partial charge in [0.2, 0.25) is 0 Å². The van der Waals surface area contributed by atoms with Crippen LogP contribution in [0.15, 0.2) is 36.4 Å². The van der Waals surface area contributed by atoms with Crippen molar-refractivity contribution in [3.63, 3.8) is 0 Å². The summed E-state index contributed by atoms with van der Waals surface area (Å²) in [6.45, 7) is 4.94. The van der Waals surface area contributed by atoms with Crippen molar-refractivity contribution in [1.82, 2.24) is 10.6 Å². The summed E-state index contributed by atoms with van der Waals surface area (Å²) >= 11 is 7.12. The summed E-state index contributed by atoms with van der Waals surface area (Å²) in [7, 11) is 0. The molecule has 0 saturated carbocycles. The van der Waals surface area contributed by atoms with Crippen molar-refractivity contribution in [3.05, 3.63) is 46.3 Å². The average molecular weight is 395 g/mol. The first-order chi connectivity index (χ1) is 12.3. The summed E-state index contributed by atoms with van der Waals surface area (Å²) < 4.78 is 5.13. The Kier molecular flexibility index (Phi) is 6.76. The Morgan fingerprint density at radius 2 is 1.69 bits per heavy atom. The van der Waals surface area contributed by atoms with Crippen molar-refractivity contribution in [3.8, 4) is 10.4 Å². The van der Waals surface area contributed by atoms with Crippen LogP contribution in [0.1, 0.15) is 30.4 Å². The van der Waals surface area contributed by atoms with Crippen LogP contribution in [0.5, 0.6) is 0 Å². The summed E-state index contributed by atoms with van der Waals surface area (Å²) in [5, 5.41) is 5.28. The molecule has 1 heterocycles. The molecule has 0 spiro atoms. The maximum absolute atomic E-state index is 12.2. The van der Waals surface area contributed by atoms with E-state index >= 15 is 0 Å². The molecule has 0 aliphatic heterocycles. The molecule has 138 valence electrons. The number of rotatable bonds is 5. The van der Waals surface area contributed by atoms with Crippen molar-refractivity contribution < 1.29 is 19.1 Å². The Bertz CT molecular complexity index is 802. The van der Waals surface area contributed by atoms with Crippen LogP contribution in [-0.4, -0.2) is 30.1 Å². The number of amides is 3. The van der Waals surface area contributed by atoms with Gasteiger partial charge in [0, 0.05) is 15.9 Å².